The number of nitrogens with zero attached hydrogens (tertiary/aromatic N) is 3. The summed E-state index contributed by atoms with van der Waals surface area (Å²) < 4.78 is 7.70. The highest BCUT2D eigenvalue weighted by atomic mass is 16.4. The van der Waals surface area contributed by atoms with Crippen molar-refractivity contribution in [2.24, 2.45) is 7.05 Å². The van der Waals surface area contributed by atoms with Gasteiger partial charge in [-0.2, -0.15) is 5.10 Å². The summed E-state index contributed by atoms with van der Waals surface area (Å²) in [6.07, 6.45) is 2.59. The molecule has 0 atom stereocenters. The maximum absolute atomic E-state index is 5.79. The largest absolute Gasteiger partial charge is 0.445 e. The van der Waals surface area contributed by atoms with Crippen LogP contribution in [0.3, 0.4) is 0 Å². The van der Waals surface area contributed by atoms with E-state index in [2.05, 4.69) is 50.8 Å². The fourth-order valence-corrected chi connectivity index (χ4v) is 2.03. The van der Waals surface area contributed by atoms with Crippen molar-refractivity contribution in [2.45, 2.75) is 52.4 Å². The molecule has 0 amide bonds. The first-order valence-electron chi connectivity index (χ1n) is 6.75. The zero-order chi connectivity index (χ0) is 14.2. The fourth-order valence-electron chi connectivity index (χ4n) is 2.03. The van der Waals surface area contributed by atoms with E-state index >= 15 is 0 Å². The number of aromatic nitrogens is 3. The van der Waals surface area contributed by atoms with Crippen LogP contribution in [0, 0.1) is 6.92 Å². The van der Waals surface area contributed by atoms with Gasteiger partial charge in [0.1, 0.15) is 5.76 Å². The Morgan fingerprint density at radius 1 is 1.37 bits per heavy atom. The van der Waals surface area contributed by atoms with Gasteiger partial charge >= 0.3 is 0 Å². The van der Waals surface area contributed by atoms with Gasteiger partial charge in [-0.05, 0) is 13.0 Å². The number of oxazole rings is 1. The van der Waals surface area contributed by atoms with Gasteiger partial charge in [0.25, 0.3) is 0 Å². The molecule has 0 saturated heterocycles. The summed E-state index contributed by atoms with van der Waals surface area (Å²) in [5.41, 5.74) is 2.17. The van der Waals surface area contributed by atoms with Crippen LogP contribution in [-0.4, -0.2) is 14.8 Å². The first kappa shape index (κ1) is 13.8. The lowest BCUT2D eigenvalue weighted by atomic mass is 9.85. The van der Waals surface area contributed by atoms with Crippen LogP contribution in [0.5, 0.6) is 0 Å². The highest BCUT2D eigenvalue weighted by Crippen LogP contribution is 2.27. The quantitative estimate of drug-likeness (QED) is 0.847. The molecule has 2 rings (SSSR count). The molecular formula is C15H23N3O. The number of hydrogen-bond donors (Lipinski definition) is 0. The molecule has 0 aromatic carbocycles. The van der Waals surface area contributed by atoms with E-state index in [4.69, 9.17) is 4.42 Å². The average molecular weight is 261 g/mol. The zero-order valence-corrected chi connectivity index (χ0v) is 12.7. The normalized spacial score (nSPS) is 12.4. The second-order valence-electron chi connectivity index (χ2n) is 6.17. The average Bonchev–Trinajstić information content (AvgIpc) is 2.87. The Kier molecular flexibility index (Phi) is 3.52. The van der Waals surface area contributed by atoms with Crippen molar-refractivity contribution in [3.63, 3.8) is 0 Å². The molecule has 0 aliphatic heterocycles. The van der Waals surface area contributed by atoms with E-state index in [1.54, 1.807) is 0 Å². The third-order valence-electron chi connectivity index (χ3n) is 3.54. The molecule has 2 heterocycles. The van der Waals surface area contributed by atoms with Gasteiger partial charge in [-0.3, -0.25) is 4.68 Å². The smallest absolute Gasteiger partial charge is 0.195 e. The van der Waals surface area contributed by atoms with E-state index in [1.165, 1.54) is 5.69 Å². The lowest BCUT2D eigenvalue weighted by Gasteiger charge is -2.20. The van der Waals surface area contributed by atoms with Crippen LogP contribution < -0.4 is 0 Å². The standard InChI is InChI=1S/C15H23N3O/c1-10(2)12-9-16-14(19-12)8-15(4,5)13-7-11(3)18(6)17-13/h7,9-10H,8H2,1-6H3. The molecular weight excluding hydrogens is 238 g/mol. The summed E-state index contributed by atoms with van der Waals surface area (Å²) in [6.45, 7) is 10.6. The molecule has 104 valence electrons. The van der Waals surface area contributed by atoms with Gasteiger partial charge in [0.05, 0.1) is 11.9 Å². The van der Waals surface area contributed by atoms with Gasteiger partial charge < -0.3 is 4.42 Å². The molecule has 0 bridgehead atoms. The van der Waals surface area contributed by atoms with Gasteiger partial charge in [0.2, 0.25) is 0 Å². The topological polar surface area (TPSA) is 43.9 Å². The van der Waals surface area contributed by atoms with Crippen molar-refractivity contribution >= 4 is 0 Å². The van der Waals surface area contributed by atoms with E-state index < -0.39 is 0 Å². The predicted octanol–water partition coefficient (Wildman–Crippen LogP) is 3.36. The van der Waals surface area contributed by atoms with E-state index in [-0.39, 0.29) is 5.41 Å². The molecule has 19 heavy (non-hydrogen) atoms. The Bertz CT molecular complexity index is 544. The van der Waals surface area contributed by atoms with Gasteiger partial charge in [-0.25, -0.2) is 4.98 Å². The Morgan fingerprint density at radius 3 is 2.53 bits per heavy atom. The lowest BCUT2D eigenvalue weighted by molar-refractivity contribution is 0.385. The van der Waals surface area contributed by atoms with E-state index in [9.17, 15) is 0 Å². The van der Waals surface area contributed by atoms with Gasteiger partial charge in [-0.1, -0.05) is 27.7 Å². The first-order chi connectivity index (χ1) is 8.79. The molecule has 4 nitrogen and oxygen atoms in total. The summed E-state index contributed by atoms with van der Waals surface area (Å²) in [7, 11) is 1.97. The van der Waals surface area contributed by atoms with Gasteiger partial charge in [-0.15, -0.1) is 0 Å². The Balaban J connectivity index is 2.20. The zero-order valence-electron chi connectivity index (χ0n) is 12.7. The van der Waals surface area contributed by atoms with E-state index in [1.807, 2.05) is 17.9 Å². The Labute approximate surface area is 114 Å². The predicted molar refractivity (Wildman–Crippen MR) is 75.3 cm³/mol. The molecule has 0 aliphatic carbocycles. The highest BCUT2D eigenvalue weighted by Gasteiger charge is 2.27. The molecule has 2 aromatic rings. The van der Waals surface area contributed by atoms with Gasteiger partial charge in [0.15, 0.2) is 5.89 Å². The third kappa shape index (κ3) is 2.88. The van der Waals surface area contributed by atoms with Crippen molar-refractivity contribution in [3.05, 3.63) is 35.3 Å². The van der Waals surface area contributed by atoms with Crippen LogP contribution in [0.25, 0.3) is 0 Å². The van der Waals surface area contributed by atoms with Crippen molar-refractivity contribution < 1.29 is 4.42 Å². The molecule has 0 spiro atoms. The van der Waals surface area contributed by atoms with Crippen LogP contribution in [0.2, 0.25) is 0 Å². The van der Waals surface area contributed by atoms with Crippen LogP contribution >= 0.6 is 0 Å². The second kappa shape index (κ2) is 4.83. The molecule has 0 radical (unpaired) electrons. The Hall–Kier alpha value is -1.58. The second-order valence-corrected chi connectivity index (χ2v) is 6.17. The minimum Gasteiger partial charge on any atom is -0.445 e. The molecule has 4 heteroatoms. The fraction of sp³-hybridized carbons (Fsp3) is 0.600. The maximum atomic E-state index is 5.79. The maximum Gasteiger partial charge on any atom is 0.195 e. The lowest BCUT2D eigenvalue weighted by Crippen LogP contribution is -2.21. The van der Waals surface area contributed by atoms with Crippen LogP contribution in [-0.2, 0) is 18.9 Å². The van der Waals surface area contributed by atoms with Crippen molar-refractivity contribution in [1.82, 2.24) is 14.8 Å². The minimum atomic E-state index is -0.0783. The molecule has 0 aliphatic rings. The monoisotopic (exact) mass is 261 g/mol. The van der Waals surface area contributed by atoms with Crippen LogP contribution in [0.4, 0.5) is 0 Å². The molecule has 0 unspecified atom stereocenters. The van der Waals surface area contributed by atoms with Crippen molar-refractivity contribution in [3.8, 4) is 0 Å². The summed E-state index contributed by atoms with van der Waals surface area (Å²) in [4.78, 5) is 4.38. The van der Waals surface area contributed by atoms with Gasteiger partial charge in [0, 0.05) is 30.5 Å². The van der Waals surface area contributed by atoms with E-state index in [0.717, 1.165) is 23.8 Å². The summed E-state index contributed by atoms with van der Waals surface area (Å²) in [5, 5.41) is 4.57. The van der Waals surface area contributed by atoms with Crippen molar-refractivity contribution in [2.75, 3.05) is 0 Å². The van der Waals surface area contributed by atoms with Crippen molar-refractivity contribution in [1.29, 1.82) is 0 Å². The molecule has 0 N–H and O–H groups in total. The van der Waals surface area contributed by atoms with Crippen LogP contribution in [0.1, 0.15) is 56.7 Å². The number of rotatable bonds is 4. The molecule has 2 aromatic heterocycles. The number of aryl methyl sites for hydroxylation is 2. The number of hydrogen-bond acceptors (Lipinski definition) is 3. The summed E-state index contributed by atoms with van der Waals surface area (Å²) in [5.74, 6) is 2.11. The van der Waals surface area contributed by atoms with Crippen LogP contribution in [0.15, 0.2) is 16.7 Å². The van der Waals surface area contributed by atoms with E-state index in [0.29, 0.717) is 5.92 Å². The SMILES string of the molecule is Cc1cc(C(C)(C)Cc2ncc(C(C)C)o2)nn1C. The minimum absolute atomic E-state index is 0.0783. The highest BCUT2D eigenvalue weighted by molar-refractivity contribution is 5.19. The molecule has 0 saturated carbocycles. The summed E-state index contributed by atoms with van der Waals surface area (Å²) >= 11 is 0. The molecule has 0 fully saturated rings. The summed E-state index contributed by atoms with van der Waals surface area (Å²) in [6, 6.07) is 2.13. The first-order valence-corrected chi connectivity index (χ1v) is 6.75. The third-order valence-corrected chi connectivity index (χ3v) is 3.54. The Morgan fingerprint density at radius 2 is 2.05 bits per heavy atom.